The van der Waals surface area contributed by atoms with Crippen LogP contribution >= 0.6 is 35.3 Å². The lowest BCUT2D eigenvalue weighted by molar-refractivity contribution is -0.118. The zero-order valence-corrected chi connectivity index (χ0v) is 47.6. The van der Waals surface area contributed by atoms with Gasteiger partial charge < -0.3 is 29.2 Å². The molecule has 2 fully saturated rings. The topological polar surface area (TPSA) is 219 Å². The lowest BCUT2D eigenvalue weighted by Crippen LogP contribution is -2.27. The summed E-state index contributed by atoms with van der Waals surface area (Å²) in [7, 11) is 0. The lowest BCUT2D eigenvalue weighted by atomic mass is 10.2. The molecule has 2 saturated carbocycles. The van der Waals surface area contributed by atoms with E-state index >= 15 is 0 Å². The highest BCUT2D eigenvalue weighted by Crippen LogP contribution is 2.52. The van der Waals surface area contributed by atoms with Crippen molar-refractivity contribution < 1.29 is 36.3 Å². The maximum Gasteiger partial charge on any atom is 0.269 e. The molecule has 79 heavy (non-hydrogen) atoms. The lowest BCUT2D eigenvalue weighted by Gasteiger charge is -2.16. The van der Waals surface area contributed by atoms with Crippen molar-refractivity contribution in [2.75, 3.05) is 16.0 Å². The van der Waals surface area contributed by atoms with Crippen LogP contribution in [0.1, 0.15) is 78.4 Å². The van der Waals surface area contributed by atoms with Crippen molar-refractivity contribution >= 4 is 70.1 Å². The maximum atomic E-state index is 14.3. The standard InChI is InChI=1S/C19H20N4O2S.C18H18N4O2S.C16H15FN4O2S.2C2H6.3H2/c1-2-23-17(15-9-6-12-25-15)21-22-19(23)26-16(13-10-11-13)18(24)20-14-7-4-3-5-8-14;1-2-22-15(14-9-6-12-24-14)20-21-17(22)25-18(10-11-18)16(23)19-13-7-4-3-5-8-13;1-2-21-14(12-9-6-10-23-12)19-20-16(21)24-13(17)15(22)18-11-7-4-3-5-8-11;2*1-2;;;/h3-9,12-13,16H,2,10-11H2,1H3,(H,20,24);3-9,12H,2,10-11H2,1H3,(H,19,23);3-10,13H,2H2,1H3,(H,18,22);2*1-2H3;3*1H. The molecular weight excluding hydrogens is 1060 g/mol. The highest BCUT2D eigenvalue weighted by molar-refractivity contribution is 8.01. The second-order valence-electron chi connectivity index (χ2n) is 17.0. The van der Waals surface area contributed by atoms with Crippen LogP contribution in [-0.2, 0) is 34.0 Å². The number of hydrogen-bond acceptors (Lipinski definition) is 15. The predicted octanol–water partition coefficient (Wildman–Crippen LogP) is 14.3. The fraction of sp³-hybridized carbons (Fsp3) is 0.316. The van der Waals surface area contributed by atoms with Crippen LogP contribution in [0.25, 0.3) is 34.8 Å². The number of amides is 3. The SMILES string of the molecule is CC.CC.CCn1c(SC(C(=O)Nc2ccccc2)C2CC2)nnc1-c1ccco1.CCn1c(SC(F)C(=O)Nc2ccccc2)nnc1-c1ccco1.CCn1c(SC2(C(=O)Nc3ccccc3)CC2)nnc1-c1ccco1.[HH].[HH].[HH]. The van der Waals surface area contributed by atoms with Gasteiger partial charge in [-0.25, -0.2) is 4.39 Å². The number of thioether (sulfide) groups is 3. The van der Waals surface area contributed by atoms with E-state index in [4.69, 9.17) is 13.3 Å². The van der Waals surface area contributed by atoms with Crippen molar-refractivity contribution in [2.24, 2.45) is 5.92 Å². The predicted molar refractivity (Wildman–Crippen MR) is 315 cm³/mol. The normalized spacial score (nSPS) is 13.5. The van der Waals surface area contributed by atoms with E-state index in [1.807, 2.05) is 149 Å². The molecule has 2 aliphatic rings. The van der Waals surface area contributed by atoms with E-state index < -0.39 is 16.2 Å². The molecule has 0 saturated heterocycles. The van der Waals surface area contributed by atoms with Gasteiger partial charge >= 0.3 is 0 Å². The second kappa shape index (κ2) is 29.3. The van der Waals surface area contributed by atoms with Gasteiger partial charge in [-0.2, -0.15) is 0 Å². The first-order valence-corrected chi connectivity index (χ1v) is 28.9. The third-order valence-electron chi connectivity index (χ3n) is 11.8. The summed E-state index contributed by atoms with van der Waals surface area (Å²) in [5.41, 5.74) is 0.368. The largest absolute Gasteiger partial charge is 0.461 e. The molecule has 0 spiro atoms. The van der Waals surface area contributed by atoms with Crippen LogP contribution in [-0.4, -0.2) is 77.5 Å². The molecule has 420 valence electrons. The summed E-state index contributed by atoms with van der Waals surface area (Å²) >= 11 is 3.69. The first-order valence-electron chi connectivity index (χ1n) is 26.3. The average Bonchev–Trinajstić information content (AvgIpc) is 4.18. The van der Waals surface area contributed by atoms with Gasteiger partial charge in [0, 0.05) is 41.0 Å². The molecule has 0 bridgehead atoms. The smallest absolute Gasteiger partial charge is 0.269 e. The van der Waals surface area contributed by atoms with Gasteiger partial charge in [-0.15, -0.1) is 30.6 Å². The highest BCUT2D eigenvalue weighted by atomic mass is 32.2. The van der Waals surface area contributed by atoms with E-state index in [0.717, 1.165) is 47.4 Å². The van der Waals surface area contributed by atoms with Gasteiger partial charge in [0.2, 0.25) is 17.3 Å². The first-order chi connectivity index (χ1) is 38.7. The number of benzene rings is 3. The van der Waals surface area contributed by atoms with Crippen LogP contribution < -0.4 is 16.0 Å². The zero-order valence-electron chi connectivity index (χ0n) is 45.1. The number of carbonyl (C=O) groups is 3. The van der Waals surface area contributed by atoms with Gasteiger partial charge in [-0.05, 0) is 137 Å². The third-order valence-corrected chi connectivity index (χ3v) is 15.6. The Morgan fingerprint density at radius 2 is 0.924 bits per heavy atom. The van der Waals surface area contributed by atoms with Crippen molar-refractivity contribution in [3.8, 4) is 34.8 Å². The van der Waals surface area contributed by atoms with Crippen molar-refractivity contribution in [1.29, 1.82) is 0 Å². The van der Waals surface area contributed by atoms with Crippen LogP contribution in [0.15, 0.2) is 175 Å². The number of hydrogen-bond donors (Lipinski definition) is 3. The molecule has 2 atom stereocenters. The molecule has 9 aromatic rings. The fourth-order valence-corrected chi connectivity index (χ4v) is 10.9. The van der Waals surface area contributed by atoms with E-state index in [9.17, 15) is 18.8 Å². The quantitative estimate of drug-likeness (QED) is 0.0641. The number of halogens is 1. The van der Waals surface area contributed by atoms with Crippen molar-refractivity contribution in [3.05, 3.63) is 146 Å². The number of nitrogens with one attached hydrogen (secondary N) is 3. The molecule has 0 radical (unpaired) electrons. The van der Waals surface area contributed by atoms with Crippen molar-refractivity contribution in [1.82, 2.24) is 44.3 Å². The van der Waals surface area contributed by atoms with E-state index in [1.165, 1.54) is 29.8 Å². The molecule has 2 aliphatic carbocycles. The van der Waals surface area contributed by atoms with E-state index in [-0.39, 0.29) is 21.3 Å². The summed E-state index contributed by atoms with van der Waals surface area (Å²) in [6.07, 6.45) is 8.59. The van der Waals surface area contributed by atoms with Gasteiger partial charge in [0.25, 0.3) is 5.91 Å². The Hall–Kier alpha value is -7.69. The number of alkyl halides is 1. The molecule has 6 heterocycles. The van der Waals surface area contributed by atoms with E-state index in [0.29, 0.717) is 82.9 Å². The number of para-hydroxylation sites is 3. The van der Waals surface area contributed by atoms with Crippen molar-refractivity contribution in [2.45, 2.75) is 125 Å². The molecule has 18 nitrogen and oxygen atoms in total. The molecule has 0 aliphatic heterocycles. The molecule has 6 aromatic heterocycles. The van der Waals surface area contributed by atoms with Crippen LogP contribution in [0, 0.1) is 5.92 Å². The summed E-state index contributed by atoms with van der Waals surface area (Å²) < 4.78 is 35.7. The van der Waals surface area contributed by atoms with Gasteiger partial charge in [-0.1, -0.05) is 106 Å². The molecule has 3 N–H and O–H groups in total. The molecule has 3 aromatic carbocycles. The average molecular weight is 1140 g/mol. The Morgan fingerprint density at radius 1 is 0.544 bits per heavy atom. The molecule has 3 amide bonds. The number of anilines is 3. The summed E-state index contributed by atoms with van der Waals surface area (Å²) in [5, 5.41) is 35.3. The van der Waals surface area contributed by atoms with Crippen LogP contribution in [0.5, 0.6) is 0 Å². The Bertz CT molecular complexity index is 3260. The molecular formula is C57H71FN12O6S3. The van der Waals surface area contributed by atoms with Crippen LogP contribution in [0.3, 0.4) is 0 Å². The van der Waals surface area contributed by atoms with Crippen LogP contribution in [0.2, 0.25) is 0 Å². The Morgan fingerprint density at radius 3 is 1.30 bits per heavy atom. The number of rotatable bonds is 19. The molecule has 11 rings (SSSR count). The van der Waals surface area contributed by atoms with Gasteiger partial charge in [-0.3, -0.25) is 28.1 Å². The molecule has 22 heteroatoms. The number of nitrogens with zero attached hydrogens (tertiary/aromatic N) is 9. The first kappa shape index (κ1) is 59.0. The number of carbonyl (C=O) groups excluding carboxylic acids is 3. The minimum Gasteiger partial charge on any atom is -0.461 e. The monoisotopic (exact) mass is 1130 g/mol. The summed E-state index contributed by atoms with van der Waals surface area (Å²) in [6.45, 7) is 15.9. The highest BCUT2D eigenvalue weighted by Gasteiger charge is 2.52. The van der Waals surface area contributed by atoms with Gasteiger partial charge in [0.1, 0.15) is 4.75 Å². The molecule has 2 unspecified atom stereocenters. The van der Waals surface area contributed by atoms with E-state index in [2.05, 4.69) is 46.5 Å². The summed E-state index contributed by atoms with van der Waals surface area (Å²) in [5.74, 6) is 3.48. The minimum atomic E-state index is -1.80. The van der Waals surface area contributed by atoms with Gasteiger partial charge in [0.05, 0.1) is 24.0 Å². The number of aromatic nitrogens is 9. The van der Waals surface area contributed by atoms with Crippen molar-refractivity contribution in [3.63, 3.8) is 0 Å². The van der Waals surface area contributed by atoms with Crippen LogP contribution in [0.4, 0.5) is 21.5 Å². The third kappa shape index (κ3) is 15.5. The Labute approximate surface area is 476 Å². The van der Waals surface area contributed by atoms with E-state index in [1.54, 1.807) is 53.5 Å². The zero-order chi connectivity index (χ0) is 56.2. The Kier molecular flexibility index (Phi) is 21.9. The summed E-state index contributed by atoms with van der Waals surface area (Å²) in [6, 6.07) is 38.7. The second-order valence-corrected chi connectivity index (χ2v) is 20.5. The fourth-order valence-electron chi connectivity index (χ4n) is 7.64. The maximum absolute atomic E-state index is 14.3. The Balaban J connectivity index is 0.000000252. The number of furan rings is 3. The summed E-state index contributed by atoms with van der Waals surface area (Å²) in [4.78, 5) is 37.5. The minimum absolute atomic E-state index is 0. The van der Waals surface area contributed by atoms with Gasteiger partial charge in [0.15, 0.2) is 50.2 Å².